The van der Waals surface area contributed by atoms with Gasteiger partial charge in [0, 0.05) is 32.1 Å². The number of piperidine rings is 1. The van der Waals surface area contributed by atoms with Gasteiger partial charge in [-0.1, -0.05) is 20.8 Å². The Morgan fingerprint density at radius 2 is 1.84 bits per heavy atom. The fraction of sp³-hybridized carbons (Fsp3) is 0.933. The van der Waals surface area contributed by atoms with Crippen LogP contribution in [-0.4, -0.2) is 49.6 Å². The second-order valence-corrected chi connectivity index (χ2v) is 7.07. The van der Waals surface area contributed by atoms with Gasteiger partial charge >= 0.3 is 0 Å². The van der Waals surface area contributed by atoms with Crippen LogP contribution >= 0.6 is 0 Å². The third-order valence-corrected chi connectivity index (χ3v) is 4.49. The molecule has 1 amide bonds. The van der Waals surface area contributed by atoms with Crippen molar-refractivity contribution in [2.75, 3.05) is 32.7 Å². The van der Waals surface area contributed by atoms with Crippen LogP contribution in [0.5, 0.6) is 0 Å². The second-order valence-electron chi connectivity index (χ2n) is 7.07. The van der Waals surface area contributed by atoms with Crippen molar-refractivity contribution in [1.29, 1.82) is 0 Å². The van der Waals surface area contributed by atoms with Gasteiger partial charge in [-0.05, 0) is 37.3 Å². The average Bonchev–Trinajstić information content (AvgIpc) is 2.39. The molecule has 2 aliphatic heterocycles. The van der Waals surface area contributed by atoms with Crippen molar-refractivity contribution in [3.63, 3.8) is 0 Å². The summed E-state index contributed by atoms with van der Waals surface area (Å²) < 4.78 is 0. The van der Waals surface area contributed by atoms with Crippen molar-refractivity contribution in [2.45, 2.75) is 46.1 Å². The topological polar surface area (TPSA) is 44.4 Å². The maximum absolute atomic E-state index is 12.6. The molecule has 19 heavy (non-hydrogen) atoms. The number of amides is 1. The zero-order valence-corrected chi connectivity index (χ0v) is 12.7. The number of hydrogen-bond donors (Lipinski definition) is 2. The monoisotopic (exact) mass is 267 g/mol. The van der Waals surface area contributed by atoms with Crippen molar-refractivity contribution in [1.82, 2.24) is 15.5 Å². The zero-order valence-electron chi connectivity index (χ0n) is 12.7. The van der Waals surface area contributed by atoms with Crippen LogP contribution in [0.15, 0.2) is 0 Å². The number of nitrogens with zero attached hydrogens (tertiary/aromatic N) is 1. The van der Waals surface area contributed by atoms with Crippen LogP contribution in [0, 0.1) is 11.3 Å². The number of rotatable bonds is 2. The molecule has 4 nitrogen and oxygen atoms in total. The summed E-state index contributed by atoms with van der Waals surface area (Å²) in [6, 6.07) is 0.329. The first-order chi connectivity index (χ1) is 8.98. The summed E-state index contributed by atoms with van der Waals surface area (Å²) in [7, 11) is 0. The molecule has 2 saturated heterocycles. The maximum Gasteiger partial charge on any atom is 0.223 e. The molecule has 2 rings (SSSR count). The lowest BCUT2D eigenvalue weighted by Crippen LogP contribution is -2.58. The molecule has 0 aromatic heterocycles. The first kappa shape index (κ1) is 14.8. The van der Waals surface area contributed by atoms with Gasteiger partial charge in [0.2, 0.25) is 5.91 Å². The van der Waals surface area contributed by atoms with E-state index in [9.17, 15) is 4.79 Å². The normalized spacial score (nSPS) is 26.5. The van der Waals surface area contributed by atoms with E-state index in [1.165, 1.54) is 0 Å². The zero-order chi connectivity index (χ0) is 13.9. The highest BCUT2D eigenvalue weighted by molar-refractivity contribution is 5.77. The number of nitrogens with one attached hydrogen (secondary N) is 2. The number of hydrogen-bond acceptors (Lipinski definition) is 3. The van der Waals surface area contributed by atoms with E-state index in [0.717, 1.165) is 52.0 Å². The Labute approximate surface area is 117 Å². The highest BCUT2D eigenvalue weighted by Crippen LogP contribution is 2.27. The van der Waals surface area contributed by atoms with Gasteiger partial charge in [-0.3, -0.25) is 4.79 Å². The molecule has 2 aliphatic rings. The Bertz CT molecular complexity index is 305. The van der Waals surface area contributed by atoms with E-state index in [2.05, 4.69) is 36.3 Å². The third-order valence-electron chi connectivity index (χ3n) is 4.49. The molecule has 0 saturated carbocycles. The van der Waals surface area contributed by atoms with Crippen molar-refractivity contribution in [2.24, 2.45) is 11.3 Å². The van der Waals surface area contributed by atoms with Gasteiger partial charge in [-0.25, -0.2) is 0 Å². The molecule has 2 N–H and O–H groups in total. The minimum Gasteiger partial charge on any atom is -0.337 e. The highest BCUT2D eigenvalue weighted by atomic mass is 16.2. The van der Waals surface area contributed by atoms with Crippen LogP contribution in [0.2, 0.25) is 0 Å². The first-order valence-corrected chi connectivity index (χ1v) is 7.69. The Morgan fingerprint density at radius 1 is 1.16 bits per heavy atom. The number of carbonyl (C=O) groups is 1. The minimum atomic E-state index is 0.150. The van der Waals surface area contributed by atoms with E-state index in [4.69, 9.17) is 0 Å². The first-order valence-electron chi connectivity index (χ1n) is 7.69. The van der Waals surface area contributed by atoms with Crippen LogP contribution in [-0.2, 0) is 4.79 Å². The molecule has 0 radical (unpaired) electrons. The lowest BCUT2D eigenvalue weighted by Gasteiger charge is -2.44. The summed E-state index contributed by atoms with van der Waals surface area (Å²) in [4.78, 5) is 14.7. The summed E-state index contributed by atoms with van der Waals surface area (Å²) in [6.07, 6.45) is 3.05. The van der Waals surface area contributed by atoms with E-state index in [0.29, 0.717) is 17.9 Å². The van der Waals surface area contributed by atoms with Crippen molar-refractivity contribution in [3.8, 4) is 0 Å². The molecule has 0 bridgehead atoms. The molecule has 110 valence electrons. The summed E-state index contributed by atoms with van der Waals surface area (Å²) in [5.41, 5.74) is 0.150. The van der Waals surface area contributed by atoms with Crippen molar-refractivity contribution in [3.05, 3.63) is 0 Å². The molecule has 2 fully saturated rings. The average molecular weight is 267 g/mol. The largest absolute Gasteiger partial charge is 0.337 e. The van der Waals surface area contributed by atoms with Gasteiger partial charge in [-0.2, -0.15) is 0 Å². The molecule has 0 spiro atoms. The van der Waals surface area contributed by atoms with Gasteiger partial charge in [0.1, 0.15) is 0 Å². The lowest BCUT2D eigenvalue weighted by atomic mass is 9.84. The molecule has 2 heterocycles. The van der Waals surface area contributed by atoms with Crippen LogP contribution < -0.4 is 10.6 Å². The molecular weight excluding hydrogens is 238 g/mol. The summed E-state index contributed by atoms with van der Waals surface area (Å²) in [5.74, 6) is 0.956. The number of carbonyl (C=O) groups excluding carboxylic acids is 1. The molecule has 1 unspecified atom stereocenters. The fourth-order valence-corrected chi connectivity index (χ4v) is 3.23. The summed E-state index contributed by atoms with van der Waals surface area (Å²) >= 11 is 0. The predicted molar refractivity (Wildman–Crippen MR) is 78.0 cm³/mol. The van der Waals surface area contributed by atoms with Crippen molar-refractivity contribution < 1.29 is 4.79 Å². The molecular formula is C15H29N3O. The fourth-order valence-electron chi connectivity index (χ4n) is 3.23. The SMILES string of the molecule is CC(C)(C)C1CNCCN1C(=O)CC1CCNCC1. The van der Waals surface area contributed by atoms with Crippen molar-refractivity contribution >= 4 is 5.91 Å². The van der Waals surface area contributed by atoms with E-state index in [1.54, 1.807) is 0 Å². The van der Waals surface area contributed by atoms with E-state index < -0.39 is 0 Å². The van der Waals surface area contributed by atoms with Gasteiger partial charge in [-0.15, -0.1) is 0 Å². The molecule has 0 aromatic rings. The van der Waals surface area contributed by atoms with Crippen LogP contribution in [0.1, 0.15) is 40.0 Å². The van der Waals surface area contributed by atoms with E-state index in [1.807, 2.05) is 0 Å². The Morgan fingerprint density at radius 3 is 2.47 bits per heavy atom. The molecule has 0 aromatic carbocycles. The van der Waals surface area contributed by atoms with E-state index in [-0.39, 0.29) is 5.41 Å². The van der Waals surface area contributed by atoms with Gasteiger partial charge in [0.05, 0.1) is 0 Å². The Kier molecular flexibility index (Phi) is 4.85. The quantitative estimate of drug-likeness (QED) is 0.791. The maximum atomic E-state index is 12.6. The predicted octanol–water partition coefficient (Wildman–Crippen LogP) is 1.22. The highest BCUT2D eigenvalue weighted by Gasteiger charge is 2.35. The summed E-state index contributed by atoms with van der Waals surface area (Å²) in [5, 5.41) is 6.79. The van der Waals surface area contributed by atoms with Gasteiger partial charge in [0.25, 0.3) is 0 Å². The summed E-state index contributed by atoms with van der Waals surface area (Å²) in [6.45, 7) is 11.6. The van der Waals surface area contributed by atoms with E-state index >= 15 is 0 Å². The van der Waals surface area contributed by atoms with Crippen LogP contribution in [0.4, 0.5) is 0 Å². The minimum absolute atomic E-state index is 0.150. The third kappa shape index (κ3) is 3.93. The Hall–Kier alpha value is -0.610. The Balaban J connectivity index is 1.95. The molecule has 4 heteroatoms. The van der Waals surface area contributed by atoms with Crippen LogP contribution in [0.25, 0.3) is 0 Å². The number of piperazine rings is 1. The van der Waals surface area contributed by atoms with Gasteiger partial charge in [0.15, 0.2) is 0 Å². The smallest absolute Gasteiger partial charge is 0.223 e. The molecule has 0 aliphatic carbocycles. The standard InChI is InChI=1S/C15H29N3O/c1-15(2,3)13-11-17-8-9-18(13)14(19)10-12-4-6-16-7-5-12/h12-13,16-17H,4-11H2,1-3H3. The second kappa shape index (κ2) is 6.23. The molecule has 1 atom stereocenters. The van der Waals surface area contributed by atoms with Crippen LogP contribution in [0.3, 0.4) is 0 Å². The lowest BCUT2D eigenvalue weighted by molar-refractivity contribution is -0.138. The van der Waals surface area contributed by atoms with Gasteiger partial charge < -0.3 is 15.5 Å².